The van der Waals surface area contributed by atoms with Crippen LogP contribution in [0.15, 0.2) is 94.4 Å². The maximum atomic E-state index is 14.1. The molecule has 0 spiro atoms. The number of rotatable bonds is 11. The molecule has 0 fully saturated rings. The normalized spacial score (nSPS) is 14.5. The molecule has 5 rings (SSSR count). The number of halogens is 1. The van der Waals surface area contributed by atoms with Crippen molar-refractivity contribution >= 4 is 23.4 Å². The molecule has 1 aliphatic rings. The minimum atomic E-state index is -0.683. The van der Waals surface area contributed by atoms with Gasteiger partial charge in [0, 0.05) is 5.56 Å². The van der Waals surface area contributed by atoms with E-state index in [2.05, 4.69) is 11.6 Å². The Morgan fingerprint density at radius 1 is 1.07 bits per heavy atom. The Labute approximate surface area is 265 Å². The highest BCUT2D eigenvalue weighted by molar-refractivity contribution is 7.07. The van der Waals surface area contributed by atoms with Crippen molar-refractivity contribution < 1.29 is 23.4 Å². The van der Waals surface area contributed by atoms with Crippen LogP contribution in [0.25, 0.3) is 6.08 Å². The first-order chi connectivity index (χ1) is 21.7. The van der Waals surface area contributed by atoms with Gasteiger partial charge in [0.15, 0.2) is 16.3 Å². The SMILES string of the molecule is C=CCc1cc(/C=c2/sc3n(c2=O)[C@H](c2ccc(C)cc2)C(C(=O)OCC)=C(C)N=3)cc(OCC)c1OCc1cccc(F)c1. The van der Waals surface area contributed by atoms with Gasteiger partial charge in [0.25, 0.3) is 5.56 Å². The number of fused-ring (bicyclic) bond motifs is 1. The molecule has 0 unspecified atom stereocenters. The highest BCUT2D eigenvalue weighted by atomic mass is 32.1. The van der Waals surface area contributed by atoms with Gasteiger partial charge in [-0.2, -0.15) is 0 Å². The lowest BCUT2D eigenvalue weighted by molar-refractivity contribution is -0.139. The van der Waals surface area contributed by atoms with Crippen LogP contribution in [0.5, 0.6) is 11.5 Å². The molecule has 0 bridgehead atoms. The first-order valence-electron chi connectivity index (χ1n) is 14.8. The van der Waals surface area contributed by atoms with E-state index in [0.717, 1.165) is 22.3 Å². The molecule has 232 valence electrons. The molecule has 9 heteroatoms. The van der Waals surface area contributed by atoms with Crippen molar-refractivity contribution in [2.75, 3.05) is 13.2 Å². The van der Waals surface area contributed by atoms with Gasteiger partial charge >= 0.3 is 5.97 Å². The lowest BCUT2D eigenvalue weighted by Gasteiger charge is -2.24. The number of ether oxygens (including phenoxy) is 3. The fourth-order valence-electron chi connectivity index (χ4n) is 5.29. The quantitative estimate of drug-likeness (QED) is 0.152. The number of esters is 1. The summed E-state index contributed by atoms with van der Waals surface area (Å²) in [7, 11) is 0. The molecule has 0 aliphatic carbocycles. The predicted molar refractivity (Wildman–Crippen MR) is 174 cm³/mol. The molecule has 0 radical (unpaired) electrons. The van der Waals surface area contributed by atoms with Gasteiger partial charge in [0.1, 0.15) is 12.4 Å². The minimum absolute atomic E-state index is 0.154. The third-order valence-corrected chi connectivity index (χ3v) is 8.28. The van der Waals surface area contributed by atoms with E-state index in [0.29, 0.717) is 50.7 Å². The van der Waals surface area contributed by atoms with Crippen molar-refractivity contribution in [2.45, 2.75) is 46.8 Å². The molecule has 2 heterocycles. The van der Waals surface area contributed by atoms with Gasteiger partial charge in [-0.25, -0.2) is 14.2 Å². The maximum Gasteiger partial charge on any atom is 0.338 e. The van der Waals surface area contributed by atoms with Gasteiger partial charge in [-0.1, -0.05) is 59.4 Å². The Morgan fingerprint density at radius 3 is 2.53 bits per heavy atom. The van der Waals surface area contributed by atoms with E-state index in [4.69, 9.17) is 14.2 Å². The van der Waals surface area contributed by atoms with Gasteiger partial charge in [0.2, 0.25) is 0 Å². The van der Waals surface area contributed by atoms with E-state index in [1.54, 1.807) is 42.7 Å². The molecule has 4 aromatic rings. The van der Waals surface area contributed by atoms with Crippen LogP contribution >= 0.6 is 11.3 Å². The molecule has 3 aromatic carbocycles. The number of hydrogen-bond acceptors (Lipinski definition) is 7. The van der Waals surface area contributed by atoms with E-state index >= 15 is 0 Å². The summed E-state index contributed by atoms with van der Waals surface area (Å²) in [5.41, 5.74) is 4.66. The van der Waals surface area contributed by atoms with E-state index in [9.17, 15) is 14.0 Å². The van der Waals surface area contributed by atoms with Gasteiger partial charge in [-0.15, -0.1) is 6.58 Å². The van der Waals surface area contributed by atoms with Crippen molar-refractivity contribution in [1.82, 2.24) is 4.57 Å². The maximum absolute atomic E-state index is 14.1. The summed E-state index contributed by atoms with van der Waals surface area (Å²) in [6.07, 6.45) is 4.04. The fourth-order valence-corrected chi connectivity index (χ4v) is 6.34. The fraction of sp³-hybridized carbons (Fsp3) is 0.250. The van der Waals surface area contributed by atoms with Crippen molar-refractivity contribution in [3.63, 3.8) is 0 Å². The van der Waals surface area contributed by atoms with Crippen LogP contribution in [0, 0.1) is 12.7 Å². The zero-order chi connectivity index (χ0) is 32.1. The second-order valence-electron chi connectivity index (χ2n) is 10.6. The van der Waals surface area contributed by atoms with Crippen molar-refractivity contribution in [3.8, 4) is 11.5 Å². The van der Waals surface area contributed by atoms with Crippen LogP contribution < -0.4 is 24.4 Å². The summed E-state index contributed by atoms with van der Waals surface area (Å²) in [6, 6.07) is 17.1. The monoisotopic (exact) mass is 626 g/mol. The molecular formula is C36H35FN2O5S. The molecular weight excluding hydrogens is 591 g/mol. The summed E-state index contributed by atoms with van der Waals surface area (Å²) >= 11 is 1.25. The minimum Gasteiger partial charge on any atom is -0.490 e. The van der Waals surface area contributed by atoms with E-state index in [1.807, 2.05) is 50.2 Å². The molecule has 1 aromatic heterocycles. The van der Waals surface area contributed by atoms with Crippen molar-refractivity contribution in [2.24, 2.45) is 4.99 Å². The number of hydrogen-bond donors (Lipinski definition) is 0. The Kier molecular flexibility index (Phi) is 9.78. The van der Waals surface area contributed by atoms with Crippen LogP contribution in [-0.4, -0.2) is 23.8 Å². The van der Waals surface area contributed by atoms with Crippen LogP contribution in [0.2, 0.25) is 0 Å². The summed E-state index contributed by atoms with van der Waals surface area (Å²) < 4.78 is 33.3. The zero-order valence-corrected chi connectivity index (χ0v) is 26.6. The highest BCUT2D eigenvalue weighted by Gasteiger charge is 2.33. The molecule has 1 aliphatic heterocycles. The number of benzene rings is 3. The number of thiazole rings is 1. The van der Waals surface area contributed by atoms with Crippen LogP contribution in [0.1, 0.15) is 54.6 Å². The summed E-state index contributed by atoms with van der Waals surface area (Å²) in [5.74, 6) is 0.209. The number of aryl methyl sites for hydroxylation is 1. The van der Waals surface area contributed by atoms with Gasteiger partial charge in [0.05, 0.1) is 35.1 Å². The molecule has 1 atom stereocenters. The van der Waals surface area contributed by atoms with Crippen molar-refractivity contribution in [3.05, 3.63) is 138 Å². The Balaban J connectivity index is 1.62. The predicted octanol–water partition coefficient (Wildman–Crippen LogP) is 5.95. The number of nitrogens with zero attached hydrogens (tertiary/aromatic N) is 2. The topological polar surface area (TPSA) is 79.1 Å². The summed E-state index contributed by atoms with van der Waals surface area (Å²) in [4.78, 5) is 32.4. The zero-order valence-electron chi connectivity index (χ0n) is 25.8. The third-order valence-electron chi connectivity index (χ3n) is 7.30. The lowest BCUT2D eigenvalue weighted by atomic mass is 9.95. The molecule has 0 amide bonds. The van der Waals surface area contributed by atoms with E-state index < -0.39 is 12.0 Å². The van der Waals surface area contributed by atoms with Crippen LogP contribution in [0.3, 0.4) is 0 Å². The first kappa shape index (κ1) is 31.7. The molecule has 0 saturated heterocycles. The second-order valence-corrected chi connectivity index (χ2v) is 11.6. The van der Waals surface area contributed by atoms with Crippen LogP contribution in [0.4, 0.5) is 4.39 Å². The lowest BCUT2D eigenvalue weighted by Crippen LogP contribution is -2.39. The average Bonchev–Trinajstić information content (AvgIpc) is 3.30. The Morgan fingerprint density at radius 2 is 1.84 bits per heavy atom. The van der Waals surface area contributed by atoms with Gasteiger partial charge in [-0.05, 0) is 81.1 Å². The third kappa shape index (κ3) is 6.83. The van der Waals surface area contributed by atoms with Crippen molar-refractivity contribution in [1.29, 1.82) is 0 Å². The largest absolute Gasteiger partial charge is 0.490 e. The molecule has 45 heavy (non-hydrogen) atoms. The smallest absolute Gasteiger partial charge is 0.338 e. The van der Waals surface area contributed by atoms with E-state index in [-0.39, 0.29) is 24.6 Å². The first-order valence-corrected chi connectivity index (χ1v) is 15.6. The number of aromatic nitrogens is 1. The molecule has 0 N–H and O–H groups in total. The van der Waals surface area contributed by atoms with Gasteiger partial charge in [-0.3, -0.25) is 9.36 Å². The average molecular weight is 627 g/mol. The summed E-state index contributed by atoms with van der Waals surface area (Å²) in [5, 5.41) is 0. The molecule has 0 saturated carbocycles. The number of carbonyl (C=O) groups is 1. The van der Waals surface area contributed by atoms with Crippen LogP contribution in [-0.2, 0) is 22.6 Å². The summed E-state index contributed by atoms with van der Waals surface area (Å²) in [6.45, 7) is 12.0. The Bertz CT molecular complexity index is 1960. The Hall–Kier alpha value is -4.76. The number of allylic oxidation sites excluding steroid dienone is 2. The van der Waals surface area contributed by atoms with E-state index in [1.165, 1.54) is 23.5 Å². The second kappa shape index (κ2) is 13.9. The standard InChI is InChI=1S/C36H35FN2O5S/c1-6-10-27-17-25(19-29(42-7-2)33(27)44-21-24-11-9-12-28(37)18-24)20-30-34(40)39-32(26-15-13-22(4)14-16-26)31(35(41)43-8-3)23(5)38-36(39)45-30/h6,9,11-20,32H,1,7-8,10,21H2,2-5H3/b30-20+/t32-/m1/s1. The highest BCUT2D eigenvalue weighted by Crippen LogP contribution is 2.35. The number of carbonyl (C=O) groups excluding carboxylic acids is 1. The van der Waals surface area contributed by atoms with Gasteiger partial charge < -0.3 is 14.2 Å². The molecule has 7 nitrogen and oxygen atoms in total.